The lowest BCUT2D eigenvalue weighted by Gasteiger charge is -2.17. The Bertz CT molecular complexity index is 451. The maximum absolute atomic E-state index is 12.2. The number of anilines is 2. The van der Waals surface area contributed by atoms with Crippen molar-refractivity contribution in [3.63, 3.8) is 0 Å². The molecular formula is C15H23N3O. The van der Waals surface area contributed by atoms with E-state index in [-0.39, 0.29) is 5.91 Å². The fraction of sp³-hybridized carbons (Fsp3) is 0.533. The van der Waals surface area contributed by atoms with Crippen LogP contribution in [0.1, 0.15) is 37.0 Å². The zero-order valence-electron chi connectivity index (χ0n) is 11.8. The number of nitrogens with one attached hydrogen (secondary N) is 1. The third kappa shape index (κ3) is 3.40. The quantitative estimate of drug-likeness (QED) is 0.819. The van der Waals surface area contributed by atoms with Crippen molar-refractivity contribution in [3.8, 4) is 0 Å². The summed E-state index contributed by atoms with van der Waals surface area (Å²) in [5.74, 6) is 0.657. The molecule has 0 aromatic heterocycles. The number of likely N-dealkylation sites (tertiary alicyclic amines) is 1. The van der Waals surface area contributed by atoms with Gasteiger partial charge in [-0.15, -0.1) is 0 Å². The lowest BCUT2D eigenvalue weighted by atomic mass is 10.1. The van der Waals surface area contributed by atoms with Crippen LogP contribution in [0.2, 0.25) is 0 Å². The van der Waals surface area contributed by atoms with Crippen molar-refractivity contribution in [3.05, 3.63) is 23.8 Å². The summed E-state index contributed by atoms with van der Waals surface area (Å²) < 4.78 is 0. The Morgan fingerprint density at radius 2 is 2.05 bits per heavy atom. The van der Waals surface area contributed by atoms with E-state index in [9.17, 15) is 4.79 Å². The minimum Gasteiger partial charge on any atom is -0.397 e. The molecule has 1 heterocycles. The summed E-state index contributed by atoms with van der Waals surface area (Å²) in [5, 5.41) is 3.30. The zero-order valence-corrected chi connectivity index (χ0v) is 11.8. The van der Waals surface area contributed by atoms with Gasteiger partial charge in [0.05, 0.1) is 11.4 Å². The lowest BCUT2D eigenvalue weighted by Crippen LogP contribution is -2.27. The van der Waals surface area contributed by atoms with Crippen LogP contribution in [-0.2, 0) is 0 Å². The van der Waals surface area contributed by atoms with E-state index in [1.807, 2.05) is 17.0 Å². The number of nitrogen functional groups attached to an aromatic ring is 1. The molecule has 0 atom stereocenters. The zero-order chi connectivity index (χ0) is 13.8. The van der Waals surface area contributed by atoms with Crippen molar-refractivity contribution in [1.29, 1.82) is 0 Å². The van der Waals surface area contributed by atoms with E-state index in [1.165, 1.54) is 0 Å². The first-order valence-corrected chi connectivity index (χ1v) is 7.00. The third-order valence-corrected chi connectivity index (χ3v) is 3.39. The monoisotopic (exact) mass is 261 g/mol. The Balaban J connectivity index is 2.07. The number of nitrogens with two attached hydrogens (primary N) is 1. The van der Waals surface area contributed by atoms with Crippen molar-refractivity contribution in [2.24, 2.45) is 5.92 Å². The molecule has 1 amide bonds. The lowest BCUT2D eigenvalue weighted by molar-refractivity contribution is 0.0793. The number of hydrogen-bond acceptors (Lipinski definition) is 3. The number of hydrogen-bond donors (Lipinski definition) is 2. The summed E-state index contributed by atoms with van der Waals surface area (Å²) in [5.41, 5.74) is 8.25. The van der Waals surface area contributed by atoms with E-state index in [2.05, 4.69) is 19.2 Å². The Morgan fingerprint density at radius 3 is 2.63 bits per heavy atom. The largest absolute Gasteiger partial charge is 0.397 e. The fourth-order valence-electron chi connectivity index (χ4n) is 2.27. The molecule has 3 N–H and O–H groups in total. The van der Waals surface area contributed by atoms with E-state index >= 15 is 0 Å². The van der Waals surface area contributed by atoms with Gasteiger partial charge in [0, 0.05) is 25.2 Å². The fourth-order valence-corrected chi connectivity index (χ4v) is 2.27. The molecule has 4 heteroatoms. The smallest absolute Gasteiger partial charge is 0.253 e. The van der Waals surface area contributed by atoms with E-state index in [4.69, 9.17) is 5.73 Å². The van der Waals surface area contributed by atoms with Gasteiger partial charge in [0.25, 0.3) is 5.91 Å². The normalized spacial score (nSPS) is 15.0. The first-order chi connectivity index (χ1) is 9.08. The second kappa shape index (κ2) is 5.95. The van der Waals surface area contributed by atoms with E-state index < -0.39 is 0 Å². The number of carbonyl (C=O) groups is 1. The van der Waals surface area contributed by atoms with Gasteiger partial charge in [-0.25, -0.2) is 0 Å². The number of carbonyl (C=O) groups excluding carboxylic acids is 1. The molecule has 1 saturated heterocycles. The molecule has 19 heavy (non-hydrogen) atoms. The van der Waals surface area contributed by atoms with Gasteiger partial charge < -0.3 is 16.0 Å². The summed E-state index contributed by atoms with van der Waals surface area (Å²) in [6.07, 6.45) is 2.21. The molecule has 2 rings (SSSR count). The molecule has 0 saturated carbocycles. The molecule has 1 aliphatic rings. The first kappa shape index (κ1) is 13.7. The van der Waals surface area contributed by atoms with Crippen LogP contribution in [0, 0.1) is 5.92 Å². The van der Waals surface area contributed by atoms with Crippen LogP contribution in [-0.4, -0.2) is 30.4 Å². The molecule has 0 unspecified atom stereocenters. The second-order valence-corrected chi connectivity index (χ2v) is 5.58. The maximum Gasteiger partial charge on any atom is 0.253 e. The number of nitrogens with zero attached hydrogens (tertiary/aromatic N) is 1. The standard InChI is InChI=1S/C15H23N3O/c1-11(2)10-17-14-6-5-12(9-13(14)16)15(19)18-7-3-4-8-18/h5-6,9,11,17H,3-4,7-8,10,16H2,1-2H3. The first-order valence-electron chi connectivity index (χ1n) is 7.00. The van der Waals surface area contributed by atoms with E-state index in [0.717, 1.165) is 38.2 Å². The molecule has 1 fully saturated rings. The van der Waals surface area contributed by atoms with Crippen LogP contribution >= 0.6 is 0 Å². The van der Waals surface area contributed by atoms with E-state index in [1.54, 1.807) is 6.07 Å². The Labute approximate surface area is 115 Å². The second-order valence-electron chi connectivity index (χ2n) is 5.58. The van der Waals surface area contributed by atoms with Crippen molar-refractivity contribution in [2.75, 3.05) is 30.7 Å². The Morgan fingerprint density at radius 1 is 1.37 bits per heavy atom. The van der Waals surface area contributed by atoms with Crippen molar-refractivity contribution < 1.29 is 4.79 Å². The average molecular weight is 261 g/mol. The number of amides is 1. The van der Waals surface area contributed by atoms with Crippen molar-refractivity contribution in [2.45, 2.75) is 26.7 Å². The Kier molecular flexibility index (Phi) is 4.30. The molecule has 4 nitrogen and oxygen atoms in total. The molecule has 0 bridgehead atoms. The van der Waals surface area contributed by atoms with Crippen LogP contribution in [0.25, 0.3) is 0 Å². The molecule has 0 radical (unpaired) electrons. The summed E-state index contributed by atoms with van der Waals surface area (Å²) in [4.78, 5) is 14.1. The van der Waals surface area contributed by atoms with Gasteiger partial charge in [0.1, 0.15) is 0 Å². The molecule has 1 aromatic rings. The topological polar surface area (TPSA) is 58.4 Å². The minimum absolute atomic E-state index is 0.0969. The van der Waals surface area contributed by atoms with Crippen molar-refractivity contribution >= 4 is 17.3 Å². The van der Waals surface area contributed by atoms with Gasteiger partial charge in [-0.2, -0.15) is 0 Å². The molecular weight excluding hydrogens is 238 g/mol. The van der Waals surface area contributed by atoms with Gasteiger partial charge >= 0.3 is 0 Å². The van der Waals surface area contributed by atoms with Crippen LogP contribution < -0.4 is 11.1 Å². The summed E-state index contributed by atoms with van der Waals surface area (Å²) in [7, 11) is 0. The number of benzene rings is 1. The maximum atomic E-state index is 12.2. The average Bonchev–Trinajstić information content (AvgIpc) is 2.90. The molecule has 104 valence electrons. The highest BCUT2D eigenvalue weighted by Gasteiger charge is 2.19. The van der Waals surface area contributed by atoms with E-state index in [0.29, 0.717) is 17.2 Å². The van der Waals surface area contributed by atoms with Gasteiger partial charge in [-0.3, -0.25) is 4.79 Å². The number of rotatable bonds is 4. The minimum atomic E-state index is 0.0969. The predicted molar refractivity (Wildman–Crippen MR) is 79.3 cm³/mol. The third-order valence-electron chi connectivity index (χ3n) is 3.39. The highest BCUT2D eigenvalue weighted by molar-refractivity contribution is 5.96. The molecule has 1 aliphatic heterocycles. The molecule has 1 aromatic carbocycles. The van der Waals surface area contributed by atoms with Gasteiger partial charge in [-0.05, 0) is 37.0 Å². The van der Waals surface area contributed by atoms with Crippen molar-refractivity contribution in [1.82, 2.24) is 4.90 Å². The van der Waals surface area contributed by atoms with Gasteiger partial charge in [-0.1, -0.05) is 13.8 Å². The highest BCUT2D eigenvalue weighted by Crippen LogP contribution is 2.22. The summed E-state index contributed by atoms with van der Waals surface area (Å²) in [6, 6.07) is 5.55. The predicted octanol–water partition coefficient (Wildman–Crippen LogP) is 2.57. The SMILES string of the molecule is CC(C)CNc1ccc(C(=O)N2CCCC2)cc1N. The molecule has 0 aliphatic carbocycles. The highest BCUT2D eigenvalue weighted by atomic mass is 16.2. The van der Waals surface area contributed by atoms with Crippen LogP contribution in [0.5, 0.6) is 0 Å². The van der Waals surface area contributed by atoms with Crippen LogP contribution in [0.4, 0.5) is 11.4 Å². The van der Waals surface area contributed by atoms with Crippen LogP contribution in [0.3, 0.4) is 0 Å². The van der Waals surface area contributed by atoms with Gasteiger partial charge in [0.15, 0.2) is 0 Å². The Hall–Kier alpha value is -1.71. The summed E-state index contributed by atoms with van der Waals surface area (Å²) in [6.45, 7) is 6.91. The molecule has 0 spiro atoms. The summed E-state index contributed by atoms with van der Waals surface area (Å²) >= 11 is 0. The van der Waals surface area contributed by atoms with Crippen LogP contribution in [0.15, 0.2) is 18.2 Å². The van der Waals surface area contributed by atoms with Gasteiger partial charge in [0.2, 0.25) is 0 Å².